The van der Waals surface area contributed by atoms with E-state index in [4.69, 9.17) is 9.47 Å². The van der Waals surface area contributed by atoms with Crippen molar-refractivity contribution in [2.45, 2.75) is 52.2 Å². The largest absolute Gasteiger partial charge is 0.494 e. The fourth-order valence-corrected chi connectivity index (χ4v) is 2.81. The third-order valence-electron chi connectivity index (χ3n) is 3.89. The molecule has 3 nitrogen and oxygen atoms in total. The van der Waals surface area contributed by atoms with Crippen LogP contribution in [0.25, 0.3) is 0 Å². The summed E-state index contributed by atoms with van der Waals surface area (Å²) in [5, 5.41) is 3.55. The van der Waals surface area contributed by atoms with E-state index in [0.717, 1.165) is 38.3 Å². The highest BCUT2D eigenvalue weighted by Crippen LogP contribution is 2.34. The van der Waals surface area contributed by atoms with Crippen LogP contribution in [0, 0.1) is 5.92 Å². The van der Waals surface area contributed by atoms with Crippen LogP contribution in [0.1, 0.15) is 51.7 Å². The summed E-state index contributed by atoms with van der Waals surface area (Å²) in [6.45, 7) is 9.16. The Balaban J connectivity index is 2.05. The molecule has 1 aliphatic rings. The Kier molecular flexibility index (Phi) is 6.52. The minimum atomic E-state index is 0.190. The van der Waals surface area contributed by atoms with Gasteiger partial charge in [0.05, 0.1) is 12.7 Å². The van der Waals surface area contributed by atoms with E-state index in [1.807, 2.05) is 6.07 Å². The molecular weight excluding hydrogens is 262 g/mol. The van der Waals surface area contributed by atoms with Gasteiger partial charge in [-0.25, -0.2) is 0 Å². The lowest BCUT2D eigenvalue weighted by atomic mass is 9.89. The molecule has 2 rings (SSSR count). The van der Waals surface area contributed by atoms with E-state index in [9.17, 15) is 0 Å². The molecule has 2 atom stereocenters. The van der Waals surface area contributed by atoms with E-state index in [1.165, 1.54) is 12.0 Å². The third kappa shape index (κ3) is 5.01. The van der Waals surface area contributed by atoms with Gasteiger partial charge in [-0.2, -0.15) is 0 Å². The lowest BCUT2D eigenvalue weighted by Gasteiger charge is -2.33. The van der Waals surface area contributed by atoms with Crippen LogP contribution in [0.15, 0.2) is 24.3 Å². The van der Waals surface area contributed by atoms with Crippen LogP contribution in [-0.4, -0.2) is 25.8 Å². The zero-order valence-electron chi connectivity index (χ0n) is 13.6. The molecule has 118 valence electrons. The Morgan fingerprint density at radius 1 is 1.38 bits per heavy atom. The first-order valence-electron chi connectivity index (χ1n) is 8.28. The molecule has 0 spiro atoms. The van der Waals surface area contributed by atoms with Crippen LogP contribution in [0.2, 0.25) is 0 Å². The number of nitrogens with one attached hydrogen (secondary N) is 1. The maximum atomic E-state index is 6.07. The lowest BCUT2D eigenvalue weighted by molar-refractivity contribution is -0.0283. The minimum Gasteiger partial charge on any atom is -0.494 e. The molecule has 0 radical (unpaired) electrons. The standard InChI is InChI=1S/C18H29NO2/c1-4-10-20-17-9-5-7-15(12-17)18-16(8-6-11-21-18)13-19-14(2)3/h5,7,9,12,14,16,18-19H,4,6,8,10-11,13H2,1-3H3. The van der Waals surface area contributed by atoms with Gasteiger partial charge >= 0.3 is 0 Å². The summed E-state index contributed by atoms with van der Waals surface area (Å²) < 4.78 is 11.8. The fraction of sp³-hybridized carbons (Fsp3) is 0.667. The van der Waals surface area contributed by atoms with E-state index < -0.39 is 0 Å². The van der Waals surface area contributed by atoms with Gasteiger partial charge in [-0.1, -0.05) is 32.9 Å². The normalized spacial score (nSPS) is 22.5. The highest BCUT2D eigenvalue weighted by atomic mass is 16.5. The molecule has 0 amide bonds. The number of ether oxygens (including phenoxy) is 2. The Morgan fingerprint density at radius 3 is 3.00 bits per heavy atom. The smallest absolute Gasteiger partial charge is 0.119 e. The fourth-order valence-electron chi connectivity index (χ4n) is 2.81. The van der Waals surface area contributed by atoms with Gasteiger partial charge in [-0.15, -0.1) is 0 Å². The molecule has 1 aliphatic heterocycles. The second-order valence-electron chi connectivity index (χ2n) is 6.18. The van der Waals surface area contributed by atoms with Crippen molar-refractivity contribution < 1.29 is 9.47 Å². The van der Waals surface area contributed by atoms with Crippen LogP contribution >= 0.6 is 0 Å². The van der Waals surface area contributed by atoms with Crippen molar-refractivity contribution >= 4 is 0 Å². The molecule has 0 aromatic heterocycles. The Morgan fingerprint density at radius 2 is 2.24 bits per heavy atom. The molecule has 1 aromatic carbocycles. The maximum absolute atomic E-state index is 6.07. The Hall–Kier alpha value is -1.06. The number of benzene rings is 1. The molecule has 0 bridgehead atoms. The lowest BCUT2D eigenvalue weighted by Crippen LogP contribution is -2.35. The summed E-state index contributed by atoms with van der Waals surface area (Å²) >= 11 is 0. The summed E-state index contributed by atoms with van der Waals surface area (Å²) in [6.07, 6.45) is 3.61. The topological polar surface area (TPSA) is 30.5 Å². The summed E-state index contributed by atoms with van der Waals surface area (Å²) in [7, 11) is 0. The van der Waals surface area contributed by atoms with Crippen LogP contribution in [0.4, 0.5) is 0 Å². The van der Waals surface area contributed by atoms with Crippen LogP contribution < -0.4 is 10.1 Å². The highest BCUT2D eigenvalue weighted by Gasteiger charge is 2.27. The first-order chi connectivity index (χ1) is 10.2. The van der Waals surface area contributed by atoms with Gasteiger partial charge in [0.1, 0.15) is 5.75 Å². The average molecular weight is 291 g/mol. The molecule has 0 aliphatic carbocycles. The van der Waals surface area contributed by atoms with Gasteiger partial charge in [0.25, 0.3) is 0 Å². The molecule has 0 saturated carbocycles. The number of hydrogen-bond acceptors (Lipinski definition) is 3. The Bertz CT molecular complexity index is 419. The van der Waals surface area contributed by atoms with Crippen LogP contribution in [-0.2, 0) is 4.74 Å². The average Bonchev–Trinajstić information content (AvgIpc) is 2.51. The molecule has 2 unspecified atom stereocenters. The van der Waals surface area contributed by atoms with Crippen LogP contribution in [0.5, 0.6) is 5.75 Å². The van der Waals surface area contributed by atoms with E-state index in [0.29, 0.717) is 12.0 Å². The van der Waals surface area contributed by atoms with E-state index in [2.05, 4.69) is 44.3 Å². The number of rotatable bonds is 7. The molecule has 1 saturated heterocycles. The molecule has 1 N–H and O–H groups in total. The predicted molar refractivity (Wildman–Crippen MR) is 86.8 cm³/mol. The molecule has 1 heterocycles. The zero-order chi connectivity index (χ0) is 15.1. The summed E-state index contributed by atoms with van der Waals surface area (Å²) in [5.74, 6) is 1.50. The number of hydrogen-bond donors (Lipinski definition) is 1. The minimum absolute atomic E-state index is 0.190. The van der Waals surface area contributed by atoms with Gasteiger partial charge in [-0.05, 0) is 37.0 Å². The first-order valence-corrected chi connectivity index (χ1v) is 8.28. The summed E-state index contributed by atoms with van der Waals surface area (Å²) in [6, 6.07) is 8.94. The van der Waals surface area contributed by atoms with Crippen LogP contribution in [0.3, 0.4) is 0 Å². The quantitative estimate of drug-likeness (QED) is 0.825. The molecule has 3 heteroatoms. The van der Waals surface area contributed by atoms with Crippen molar-refractivity contribution in [3.05, 3.63) is 29.8 Å². The highest BCUT2D eigenvalue weighted by molar-refractivity contribution is 5.30. The van der Waals surface area contributed by atoms with Crippen molar-refractivity contribution in [3.8, 4) is 5.75 Å². The second-order valence-corrected chi connectivity index (χ2v) is 6.18. The molecule has 21 heavy (non-hydrogen) atoms. The molecular formula is C18H29NO2. The van der Waals surface area contributed by atoms with E-state index in [1.54, 1.807) is 0 Å². The molecule has 1 aromatic rings. The second kappa shape index (κ2) is 8.40. The van der Waals surface area contributed by atoms with Crippen molar-refractivity contribution in [1.29, 1.82) is 0 Å². The van der Waals surface area contributed by atoms with Gasteiger partial charge in [-0.3, -0.25) is 0 Å². The maximum Gasteiger partial charge on any atom is 0.119 e. The van der Waals surface area contributed by atoms with Crippen molar-refractivity contribution in [2.24, 2.45) is 5.92 Å². The molecule has 1 fully saturated rings. The van der Waals surface area contributed by atoms with Gasteiger partial charge in [0, 0.05) is 25.1 Å². The summed E-state index contributed by atoms with van der Waals surface area (Å²) in [4.78, 5) is 0. The predicted octanol–water partition coefficient (Wildman–Crippen LogP) is 3.94. The summed E-state index contributed by atoms with van der Waals surface area (Å²) in [5.41, 5.74) is 1.25. The van der Waals surface area contributed by atoms with Gasteiger partial charge in [0.2, 0.25) is 0 Å². The van der Waals surface area contributed by atoms with Gasteiger partial charge < -0.3 is 14.8 Å². The SMILES string of the molecule is CCCOc1cccc(C2OCCCC2CNC(C)C)c1. The zero-order valence-corrected chi connectivity index (χ0v) is 13.6. The van der Waals surface area contributed by atoms with Crippen molar-refractivity contribution in [1.82, 2.24) is 5.32 Å². The van der Waals surface area contributed by atoms with E-state index in [-0.39, 0.29) is 6.10 Å². The van der Waals surface area contributed by atoms with E-state index >= 15 is 0 Å². The Labute approximate surface area is 129 Å². The van der Waals surface area contributed by atoms with Crippen molar-refractivity contribution in [3.63, 3.8) is 0 Å². The third-order valence-corrected chi connectivity index (χ3v) is 3.89. The monoisotopic (exact) mass is 291 g/mol. The van der Waals surface area contributed by atoms with Gasteiger partial charge in [0.15, 0.2) is 0 Å². The van der Waals surface area contributed by atoms with Crippen molar-refractivity contribution in [2.75, 3.05) is 19.8 Å². The first kappa shape index (κ1) is 16.3.